The first-order chi connectivity index (χ1) is 16.4. The number of hydrogen-bond acceptors (Lipinski definition) is 8. The van der Waals surface area contributed by atoms with E-state index in [4.69, 9.17) is 25.8 Å². The van der Waals surface area contributed by atoms with Gasteiger partial charge in [-0.2, -0.15) is 0 Å². The van der Waals surface area contributed by atoms with E-state index in [9.17, 15) is 19.2 Å². The number of hydrogen-bond donors (Lipinski definition) is 2. The Morgan fingerprint density at radius 1 is 1.18 bits per heavy atom. The highest BCUT2D eigenvalue weighted by Gasteiger charge is 2.46. The summed E-state index contributed by atoms with van der Waals surface area (Å²) in [6.07, 6.45) is -1.30. The van der Waals surface area contributed by atoms with Crippen molar-refractivity contribution < 1.29 is 33.4 Å². The Morgan fingerprint density at radius 3 is 2.79 bits per heavy atom. The quantitative estimate of drug-likeness (QED) is 0.603. The standard InChI is InChI=1S/C21H19ClN4O7S/c22-16-3-4-17(34-16)24-20(29)19(28)23-8-15-13-9-32-14-7-11(25-5-6-31-10-18(25)27)1-2-12(14)26(13)21(30)33-15/h1-4,7,13,15H,5-6,8-10H2,(H,23,28)(H,24,29)/t13-,15-/m0/s1. The topological polar surface area (TPSA) is 127 Å². The minimum atomic E-state index is -0.865. The molecule has 2 N–H and O–H groups in total. The second kappa shape index (κ2) is 9.12. The number of fused-ring (bicyclic) bond motifs is 3. The molecule has 2 saturated heterocycles. The van der Waals surface area contributed by atoms with Crippen molar-refractivity contribution in [3.63, 3.8) is 0 Å². The summed E-state index contributed by atoms with van der Waals surface area (Å²) in [6.45, 7) is 0.950. The molecule has 1 aromatic heterocycles. The number of cyclic esters (lactones) is 1. The van der Waals surface area contributed by atoms with E-state index in [1.165, 1.54) is 4.90 Å². The van der Waals surface area contributed by atoms with Gasteiger partial charge in [0.15, 0.2) is 0 Å². The molecule has 0 radical (unpaired) electrons. The number of nitrogens with one attached hydrogen (secondary N) is 2. The highest BCUT2D eigenvalue weighted by molar-refractivity contribution is 7.20. The van der Waals surface area contributed by atoms with Crippen molar-refractivity contribution in [2.24, 2.45) is 0 Å². The highest BCUT2D eigenvalue weighted by atomic mass is 35.5. The molecular weight excluding hydrogens is 488 g/mol. The second-order valence-electron chi connectivity index (χ2n) is 7.69. The lowest BCUT2D eigenvalue weighted by molar-refractivity contribution is -0.136. The fourth-order valence-corrected chi connectivity index (χ4v) is 4.92. The van der Waals surface area contributed by atoms with Gasteiger partial charge in [-0.05, 0) is 24.3 Å². The molecule has 0 unspecified atom stereocenters. The third-order valence-corrected chi connectivity index (χ3v) is 6.75. The first kappa shape index (κ1) is 22.4. The number of anilines is 3. The maximum Gasteiger partial charge on any atom is 0.415 e. The van der Waals surface area contributed by atoms with Crippen LogP contribution in [-0.4, -0.2) is 68.9 Å². The van der Waals surface area contributed by atoms with Crippen molar-refractivity contribution in [1.82, 2.24) is 5.32 Å². The van der Waals surface area contributed by atoms with Gasteiger partial charge in [0.05, 0.1) is 28.2 Å². The third kappa shape index (κ3) is 4.27. The zero-order chi connectivity index (χ0) is 23.8. The van der Waals surface area contributed by atoms with Crippen LogP contribution in [0.5, 0.6) is 5.75 Å². The summed E-state index contributed by atoms with van der Waals surface area (Å²) in [7, 11) is 0. The maximum absolute atomic E-state index is 12.6. The molecule has 2 aromatic rings. The number of morpholine rings is 1. The van der Waals surface area contributed by atoms with Crippen molar-refractivity contribution in [3.05, 3.63) is 34.7 Å². The molecule has 3 aliphatic rings. The minimum Gasteiger partial charge on any atom is -0.489 e. The Morgan fingerprint density at radius 2 is 2.03 bits per heavy atom. The number of benzene rings is 1. The summed E-state index contributed by atoms with van der Waals surface area (Å²) in [5.41, 5.74) is 1.16. The van der Waals surface area contributed by atoms with E-state index < -0.39 is 30.1 Å². The van der Waals surface area contributed by atoms with Crippen LogP contribution in [0.25, 0.3) is 0 Å². The molecule has 3 aliphatic heterocycles. The van der Waals surface area contributed by atoms with Crippen molar-refractivity contribution >= 4 is 63.1 Å². The normalized spacial score (nSPS) is 21.3. The Bertz CT molecular complexity index is 1170. The molecule has 2 fully saturated rings. The van der Waals surface area contributed by atoms with E-state index in [-0.39, 0.29) is 25.7 Å². The zero-order valence-corrected chi connectivity index (χ0v) is 19.2. The van der Waals surface area contributed by atoms with Crippen molar-refractivity contribution in [3.8, 4) is 5.75 Å². The van der Waals surface area contributed by atoms with Gasteiger partial charge in [-0.3, -0.25) is 19.3 Å². The fourth-order valence-electron chi connectivity index (χ4n) is 3.98. The number of carbonyl (C=O) groups is 4. The van der Waals surface area contributed by atoms with Gasteiger partial charge in [0.1, 0.15) is 31.1 Å². The van der Waals surface area contributed by atoms with Crippen LogP contribution in [0, 0.1) is 0 Å². The van der Waals surface area contributed by atoms with Gasteiger partial charge in [-0.1, -0.05) is 11.6 Å². The molecule has 4 heterocycles. The number of ether oxygens (including phenoxy) is 3. The molecule has 11 nitrogen and oxygen atoms in total. The second-order valence-corrected chi connectivity index (χ2v) is 9.40. The molecule has 5 rings (SSSR count). The molecule has 0 aliphatic carbocycles. The Kier molecular flexibility index (Phi) is 6.02. The van der Waals surface area contributed by atoms with Gasteiger partial charge in [0.2, 0.25) is 0 Å². The van der Waals surface area contributed by atoms with E-state index in [1.807, 2.05) is 0 Å². The van der Waals surface area contributed by atoms with Crippen LogP contribution in [0.2, 0.25) is 4.34 Å². The number of rotatable bonds is 4. The summed E-state index contributed by atoms with van der Waals surface area (Å²) < 4.78 is 17.0. The van der Waals surface area contributed by atoms with Crippen LogP contribution in [0.1, 0.15) is 0 Å². The number of halogens is 1. The average molecular weight is 507 g/mol. The molecule has 0 saturated carbocycles. The summed E-state index contributed by atoms with van der Waals surface area (Å²) in [5.74, 6) is -1.42. The van der Waals surface area contributed by atoms with Gasteiger partial charge >= 0.3 is 17.9 Å². The third-order valence-electron chi connectivity index (χ3n) is 5.60. The van der Waals surface area contributed by atoms with E-state index in [2.05, 4.69) is 10.6 Å². The van der Waals surface area contributed by atoms with Gasteiger partial charge in [0.25, 0.3) is 5.91 Å². The zero-order valence-electron chi connectivity index (χ0n) is 17.6. The van der Waals surface area contributed by atoms with E-state index in [1.54, 1.807) is 35.2 Å². The summed E-state index contributed by atoms with van der Waals surface area (Å²) >= 11 is 6.95. The fraction of sp³-hybridized carbons (Fsp3) is 0.333. The first-order valence-corrected chi connectivity index (χ1v) is 11.6. The molecule has 1 aromatic carbocycles. The summed E-state index contributed by atoms with van der Waals surface area (Å²) in [6, 6.07) is 7.84. The number of thiophene rings is 1. The van der Waals surface area contributed by atoms with E-state index >= 15 is 0 Å². The van der Waals surface area contributed by atoms with Crippen molar-refractivity contribution in [2.45, 2.75) is 12.1 Å². The van der Waals surface area contributed by atoms with Gasteiger partial charge in [-0.15, -0.1) is 11.3 Å². The van der Waals surface area contributed by atoms with Gasteiger partial charge < -0.3 is 29.7 Å². The Labute approximate surface area is 202 Å². The largest absolute Gasteiger partial charge is 0.489 e. The molecule has 13 heteroatoms. The maximum atomic E-state index is 12.6. The van der Waals surface area contributed by atoms with E-state index in [0.717, 1.165) is 11.3 Å². The van der Waals surface area contributed by atoms with Crippen LogP contribution >= 0.6 is 22.9 Å². The molecular formula is C21H19ClN4O7S. The minimum absolute atomic E-state index is 0.0188. The van der Waals surface area contributed by atoms with E-state index in [0.29, 0.717) is 39.6 Å². The van der Waals surface area contributed by atoms with Crippen LogP contribution in [0.15, 0.2) is 30.3 Å². The molecule has 34 heavy (non-hydrogen) atoms. The predicted octanol–water partition coefficient (Wildman–Crippen LogP) is 1.61. The van der Waals surface area contributed by atoms with Gasteiger partial charge in [0, 0.05) is 18.3 Å². The number of carbonyl (C=O) groups excluding carboxylic acids is 4. The SMILES string of the molecule is O=C(NC[C@@H]1OC(=O)N2c3ccc(N4CCOCC4=O)cc3OC[C@@H]12)C(=O)Nc1ccc(Cl)s1. The van der Waals surface area contributed by atoms with Crippen LogP contribution in [-0.2, 0) is 23.9 Å². The van der Waals surface area contributed by atoms with Crippen LogP contribution in [0.3, 0.4) is 0 Å². The van der Waals surface area contributed by atoms with Crippen LogP contribution < -0.4 is 25.2 Å². The lowest BCUT2D eigenvalue weighted by atomic mass is 10.1. The van der Waals surface area contributed by atoms with Gasteiger partial charge in [-0.25, -0.2) is 4.79 Å². The van der Waals surface area contributed by atoms with Crippen LogP contribution in [0.4, 0.5) is 21.2 Å². The smallest absolute Gasteiger partial charge is 0.415 e. The van der Waals surface area contributed by atoms with Crippen molar-refractivity contribution in [2.75, 3.05) is 48.0 Å². The lowest BCUT2D eigenvalue weighted by Crippen LogP contribution is -2.49. The highest BCUT2D eigenvalue weighted by Crippen LogP contribution is 2.41. The Balaban J connectivity index is 1.23. The summed E-state index contributed by atoms with van der Waals surface area (Å²) in [4.78, 5) is 52.1. The Hall–Kier alpha value is -3.35. The predicted molar refractivity (Wildman–Crippen MR) is 123 cm³/mol. The van der Waals surface area contributed by atoms with Crippen molar-refractivity contribution in [1.29, 1.82) is 0 Å². The first-order valence-electron chi connectivity index (χ1n) is 10.4. The number of amides is 4. The molecule has 2 atom stereocenters. The monoisotopic (exact) mass is 506 g/mol. The average Bonchev–Trinajstić information content (AvgIpc) is 3.39. The molecule has 4 amide bonds. The lowest BCUT2D eigenvalue weighted by Gasteiger charge is -2.33. The molecule has 0 spiro atoms. The molecule has 178 valence electrons. The summed E-state index contributed by atoms with van der Waals surface area (Å²) in [5, 5.41) is 5.39. The molecule has 0 bridgehead atoms. The number of nitrogens with zero attached hydrogens (tertiary/aromatic N) is 2.